The molecule has 2 rings (SSSR count). The number of nitrogen functional groups attached to an aromatic ring is 1. The van der Waals surface area contributed by atoms with E-state index in [0.29, 0.717) is 5.92 Å². The van der Waals surface area contributed by atoms with Crippen molar-refractivity contribution < 1.29 is 13.9 Å². The first-order valence-electron chi connectivity index (χ1n) is 7.08. The molecule has 1 aliphatic rings. The van der Waals surface area contributed by atoms with Crippen molar-refractivity contribution in [2.75, 3.05) is 5.73 Å². The van der Waals surface area contributed by atoms with Crippen LogP contribution in [0.2, 0.25) is 0 Å². The Balaban J connectivity index is 2.23. The van der Waals surface area contributed by atoms with E-state index in [0.717, 1.165) is 31.7 Å². The highest BCUT2D eigenvalue weighted by molar-refractivity contribution is 5.98. The van der Waals surface area contributed by atoms with Gasteiger partial charge in [0.05, 0.1) is 5.56 Å². The number of primary amides is 1. The van der Waals surface area contributed by atoms with E-state index in [4.69, 9.17) is 16.2 Å². The highest BCUT2D eigenvalue weighted by Gasteiger charge is 2.26. The molecule has 0 aromatic heterocycles. The normalized spacial score (nSPS) is 22.5. The summed E-state index contributed by atoms with van der Waals surface area (Å²) in [5.41, 5.74) is 10.9. The average molecular weight is 280 g/mol. The molecule has 2 atom stereocenters. The van der Waals surface area contributed by atoms with E-state index in [9.17, 15) is 9.18 Å². The van der Waals surface area contributed by atoms with Crippen molar-refractivity contribution in [1.29, 1.82) is 0 Å². The second-order valence-electron chi connectivity index (χ2n) is 5.34. The Kier molecular flexibility index (Phi) is 4.47. The maximum Gasteiger partial charge on any atom is 0.250 e. The highest BCUT2D eigenvalue weighted by atomic mass is 19.1. The van der Waals surface area contributed by atoms with Gasteiger partial charge in [0, 0.05) is 11.8 Å². The molecular formula is C15H21FN2O2. The predicted octanol–water partition coefficient (Wildman–Crippen LogP) is 2.85. The fourth-order valence-corrected chi connectivity index (χ4v) is 2.83. The Labute approximate surface area is 118 Å². The molecule has 110 valence electrons. The molecule has 1 aromatic carbocycles. The van der Waals surface area contributed by atoms with Gasteiger partial charge in [-0.1, -0.05) is 13.3 Å². The van der Waals surface area contributed by atoms with Crippen LogP contribution in [0.4, 0.5) is 10.1 Å². The molecule has 1 aliphatic carbocycles. The van der Waals surface area contributed by atoms with E-state index in [-0.39, 0.29) is 23.1 Å². The molecule has 1 fully saturated rings. The minimum absolute atomic E-state index is 0.00685. The van der Waals surface area contributed by atoms with Gasteiger partial charge in [-0.25, -0.2) is 4.39 Å². The minimum Gasteiger partial charge on any atom is -0.487 e. The first-order valence-corrected chi connectivity index (χ1v) is 7.08. The molecule has 4 nitrogen and oxygen atoms in total. The zero-order valence-corrected chi connectivity index (χ0v) is 11.7. The zero-order valence-electron chi connectivity index (χ0n) is 11.7. The third-order valence-electron chi connectivity index (χ3n) is 4.01. The van der Waals surface area contributed by atoms with Gasteiger partial charge in [0.1, 0.15) is 6.10 Å². The molecule has 0 saturated heterocycles. The Morgan fingerprint density at radius 1 is 1.40 bits per heavy atom. The van der Waals surface area contributed by atoms with Crippen LogP contribution >= 0.6 is 0 Å². The lowest BCUT2D eigenvalue weighted by Gasteiger charge is -2.31. The smallest absolute Gasteiger partial charge is 0.250 e. The summed E-state index contributed by atoms with van der Waals surface area (Å²) in [6, 6.07) is 2.41. The molecule has 1 aromatic rings. The van der Waals surface area contributed by atoms with Crippen LogP contribution in [0.1, 0.15) is 49.4 Å². The lowest BCUT2D eigenvalue weighted by molar-refractivity contribution is 0.0858. The molecule has 0 spiro atoms. The van der Waals surface area contributed by atoms with Crippen molar-refractivity contribution in [2.24, 2.45) is 11.7 Å². The predicted molar refractivity (Wildman–Crippen MR) is 76.0 cm³/mol. The standard InChI is InChI=1S/C15H21FN2O2/c1-2-9-5-3-4-6-13(9)20-14-7-10(15(18)19)12(17)8-11(14)16/h7-9,13H,2-6,17H2,1H3,(H2,18,19). The zero-order chi connectivity index (χ0) is 14.7. The summed E-state index contributed by atoms with van der Waals surface area (Å²) in [5.74, 6) is -0.730. The van der Waals surface area contributed by atoms with Gasteiger partial charge in [-0.15, -0.1) is 0 Å². The van der Waals surface area contributed by atoms with Crippen molar-refractivity contribution in [2.45, 2.75) is 45.1 Å². The van der Waals surface area contributed by atoms with E-state index >= 15 is 0 Å². The maximum atomic E-state index is 13.9. The van der Waals surface area contributed by atoms with Crippen molar-refractivity contribution >= 4 is 11.6 Å². The van der Waals surface area contributed by atoms with Gasteiger partial charge in [-0.05, 0) is 37.7 Å². The van der Waals surface area contributed by atoms with Crippen LogP contribution < -0.4 is 16.2 Å². The third-order valence-corrected chi connectivity index (χ3v) is 4.01. The number of halogens is 1. The fourth-order valence-electron chi connectivity index (χ4n) is 2.83. The summed E-state index contributed by atoms with van der Waals surface area (Å²) in [6.45, 7) is 2.11. The number of carbonyl (C=O) groups excluding carboxylic acids is 1. The summed E-state index contributed by atoms with van der Waals surface area (Å²) in [7, 11) is 0. The van der Waals surface area contributed by atoms with Gasteiger partial charge < -0.3 is 16.2 Å². The van der Waals surface area contributed by atoms with Gasteiger partial charge in [0.2, 0.25) is 0 Å². The second-order valence-corrected chi connectivity index (χ2v) is 5.34. The third kappa shape index (κ3) is 3.03. The number of anilines is 1. The van der Waals surface area contributed by atoms with Gasteiger partial charge >= 0.3 is 0 Å². The van der Waals surface area contributed by atoms with Crippen molar-refractivity contribution in [1.82, 2.24) is 0 Å². The Morgan fingerprint density at radius 2 is 2.10 bits per heavy atom. The lowest BCUT2D eigenvalue weighted by Crippen LogP contribution is -2.30. The molecule has 2 unspecified atom stereocenters. The summed E-state index contributed by atoms with van der Waals surface area (Å²) in [4.78, 5) is 11.3. The van der Waals surface area contributed by atoms with Gasteiger partial charge in [0.15, 0.2) is 11.6 Å². The Morgan fingerprint density at radius 3 is 2.75 bits per heavy atom. The Hall–Kier alpha value is -1.78. The summed E-state index contributed by atoms with van der Waals surface area (Å²) >= 11 is 0. The molecule has 5 heteroatoms. The van der Waals surface area contributed by atoms with E-state index in [2.05, 4.69) is 6.92 Å². The molecule has 0 bridgehead atoms. The summed E-state index contributed by atoms with van der Waals surface area (Å²) < 4.78 is 19.7. The van der Waals surface area contributed by atoms with Crippen molar-refractivity contribution in [3.8, 4) is 5.75 Å². The summed E-state index contributed by atoms with van der Waals surface area (Å²) in [6.07, 6.45) is 5.28. The number of rotatable bonds is 4. The minimum atomic E-state index is -0.678. The van der Waals surface area contributed by atoms with Crippen molar-refractivity contribution in [3.63, 3.8) is 0 Å². The van der Waals surface area contributed by atoms with E-state index in [1.165, 1.54) is 12.5 Å². The number of ether oxygens (including phenoxy) is 1. The van der Waals surface area contributed by atoms with Gasteiger partial charge in [0.25, 0.3) is 5.91 Å². The van der Waals surface area contributed by atoms with Crippen LogP contribution in [0.15, 0.2) is 12.1 Å². The number of carbonyl (C=O) groups is 1. The second kappa shape index (κ2) is 6.11. The first-order chi connectivity index (χ1) is 9.52. The molecule has 1 saturated carbocycles. The Bertz CT molecular complexity index is 505. The van der Waals surface area contributed by atoms with E-state index in [1.807, 2.05) is 0 Å². The number of benzene rings is 1. The maximum absolute atomic E-state index is 13.9. The monoisotopic (exact) mass is 280 g/mol. The topological polar surface area (TPSA) is 78.3 Å². The van der Waals surface area contributed by atoms with Crippen LogP contribution in [-0.4, -0.2) is 12.0 Å². The molecule has 0 heterocycles. The summed E-state index contributed by atoms with van der Waals surface area (Å²) in [5, 5.41) is 0. The van der Waals surface area contributed by atoms with E-state index in [1.54, 1.807) is 0 Å². The molecule has 0 radical (unpaired) electrons. The SMILES string of the molecule is CCC1CCCCC1Oc1cc(C(N)=O)c(N)cc1F. The lowest BCUT2D eigenvalue weighted by atomic mass is 9.85. The van der Waals surface area contributed by atoms with Gasteiger partial charge in [-0.3, -0.25) is 4.79 Å². The quantitative estimate of drug-likeness (QED) is 0.832. The van der Waals surface area contributed by atoms with Crippen LogP contribution in [0.25, 0.3) is 0 Å². The number of nitrogens with two attached hydrogens (primary N) is 2. The van der Waals surface area contributed by atoms with E-state index < -0.39 is 11.7 Å². The molecule has 4 N–H and O–H groups in total. The fraction of sp³-hybridized carbons (Fsp3) is 0.533. The number of hydrogen-bond donors (Lipinski definition) is 2. The molecule has 20 heavy (non-hydrogen) atoms. The highest BCUT2D eigenvalue weighted by Crippen LogP contribution is 2.32. The largest absolute Gasteiger partial charge is 0.487 e. The van der Waals surface area contributed by atoms with Crippen LogP contribution in [0.5, 0.6) is 5.75 Å². The van der Waals surface area contributed by atoms with Crippen LogP contribution in [0, 0.1) is 11.7 Å². The molecule has 1 amide bonds. The van der Waals surface area contributed by atoms with Crippen molar-refractivity contribution in [3.05, 3.63) is 23.5 Å². The van der Waals surface area contributed by atoms with Crippen LogP contribution in [0.3, 0.4) is 0 Å². The first kappa shape index (κ1) is 14.6. The average Bonchev–Trinajstić information content (AvgIpc) is 2.42. The van der Waals surface area contributed by atoms with Crippen LogP contribution in [-0.2, 0) is 0 Å². The van der Waals surface area contributed by atoms with Gasteiger partial charge in [-0.2, -0.15) is 0 Å². The number of hydrogen-bond acceptors (Lipinski definition) is 3. The molecule has 0 aliphatic heterocycles. The molecular weight excluding hydrogens is 259 g/mol. The number of amides is 1.